The van der Waals surface area contributed by atoms with E-state index >= 15 is 0 Å². The van der Waals surface area contributed by atoms with Crippen LogP contribution >= 0.6 is 34.8 Å². The molecule has 6 nitrogen and oxygen atoms in total. The summed E-state index contributed by atoms with van der Waals surface area (Å²) in [4.78, 5) is 31.7. The first kappa shape index (κ1) is 14.6. The Balaban J connectivity index is 3.06. The lowest BCUT2D eigenvalue weighted by atomic mass is 10.3. The maximum absolute atomic E-state index is 10.6. The molecule has 1 rings (SSSR count). The van der Waals surface area contributed by atoms with E-state index in [1.54, 1.807) is 0 Å². The van der Waals surface area contributed by atoms with E-state index in [1.165, 1.54) is 0 Å². The second kappa shape index (κ2) is 6.44. The molecule has 0 amide bonds. The lowest BCUT2D eigenvalue weighted by Gasteiger charge is -2.07. The van der Waals surface area contributed by atoms with Crippen molar-refractivity contribution in [2.45, 2.75) is 0 Å². The van der Waals surface area contributed by atoms with Gasteiger partial charge in [-0.25, -0.2) is 14.4 Å². The van der Waals surface area contributed by atoms with Gasteiger partial charge in [0.15, 0.2) is 0 Å². The van der Waals surface area contributed by atoms with Crippen LogP contribution in [0.2, 0.25) is 0 Å². The van der Waals surface area contributed by atoms with Crippen LogP contribution in [-0.2, 0) is 0 Å². The highest BCUT2D eigenvalue weighted by Gasteiger charge is 2.11. The molecule has 0 N–H and O–H groups in total. The minimum atomic E-state index is -1.13. The number of benzene rings is 1. The SMILES string of the molecule is O=C(Cl)Oc1cc(OC(=O)Cl)cc(OC(=O)Cl)c1. The fourth-order valence-electron chi connectivity index (χ4n) is 1.00. The Morgan fingerprint density at radius 3 is 1.06 bits per heavy atom. The van der Waals surface area contributed by atoms with Gasteiger partial charge in [-0.2, -0.15) is 0 Å². The first-order valence-corrected chi connectivity index (χ1v) is 5.27. The molecule has 96 valence electrons. The Morgan fingerprint density at radius 1 is 0.667 bits per heavy atom. The predicted molar refractivity (Wildman–Crippen MR) is 62.1 cm³/mol. The van der Waals surface area contributed by atoms with E-state index in [1.807, 2.05) is 0 Å². The topological polar surface area (TPSA) is 78.9 Å². The Bertz CT molecular complexity index is 417. The number of ether oxygens (including phenoxy) is 3. The van der Waals surface area contributed by atoms with Crippen LogP contribution in [0.25, 0.3) is 0 Å². The van der Waals surface area contributed by atoms with Crippen molar-refractivity contribution in [1.29, 1.82) is 0 Å². The molecule has 0 aliphatic rings. The number of carbonyl (C=O) groups is 3. The average Bonchev–Trinajstić information content (AvgIpc) is 2.12. The summed E-state index contributed by atoms with van der Waals surface area (Å²) in [5.41, 5.74) is -3.40. The number of hydrogen-bond acceptors (Lipinski definition) is 6. The maximum atomic E-state index is 10.6. The number of hydrogen-bond donors (Lipinski definition) is 0. The van der Waals surface area contributed by atoms with Crippen LogP contribution in [0.5, 0.6) is 17.2 Å². The van der Waals surface area contributed by atoms with Gasteiger partial charge in [-0.3, -0.25) is 0 Å². The molecule has 0 saturated heterocycles. The number of rotatable bonds is 3. The number of carbonyl (C=O) groups excluding carboxylic acids is 3. The first-order chi connectivity index (χ1) is 8.36. The summed E-state index contributed by atoms with van der Waals surface area (Å²) in [6.07, 6.45) is 0. The Kier molecular flexibility index (Phi) is 5.21. The summed E-state index contributed by atoms with van der Waals surface area (Å²) in [6, 6.07) is 3.39. The van der Waals surface area contributed by atoms with Gasteiger partial charge in [-0.05, 0) is 0 Å². The molecule has 18 heavy (non-hydrogen) atoms. The Labute approximate surface area is 115 Å². The fraction of sp³-hybridized carbons (Fsp3) is 0. The van der Waals surface area contributed by atoms with Gasteiger partial charge in [0.05, 0.1) is 0 Å². The van der Waals surface area contributed by atoms with Crippen LogP contribution in [0.3, 0.4) is 0 Å². The number of halogens is 3. The molecule has 0 atom stereocenters. The van der Waals surface area contributed by atoms with Crippen molar-refractivity contribution in [3.05, 3.63) is 18.2 Å². The summed E-state index contributed by atoms with van der Waals surface area (Å²) in [6.45, 7) is 0. The monoisotopic (exact) mass is 312 g/mol. The van der Waals surface area contributed by atoms with Crippen LogP contribution in [0.1, 0.15) is 0 Å². The normalized spacial score (nSPS) is 9.50. The summed E-state index contributed by atoms with van der Waals surface area (Å²) >= 11 is 15.0. The van der Waals surface area contributed by atoms with Crippen LogP contribution in [-0.4, -0.2) is 16.3 Å². The van der Waals surface area contributed by atoms with Crippen LogP contribution in [0, 0.1) is 0 Å². The van der Waals surface area contributed by atoms with Crippen LogP contribution in [0.4, 0.5) is 14.4 Å². The van der Waals surface area contributed by atoms with Crippen LogP contribution in [0.15, 0.2) is 18.2 Å². The molecule has 0 radical (unpaired) electrons. The molecule has 1 aromatic rings. The second-order valence-corrected chi connectivity index (χ2v) is 3.59. The fourth-order valence-corrected chi connectivity index (χ4v) is 1.27. The van der Waals surface area contributed by atoms with E-state index < -0.39 is 16.3 Å². The lowest BCUT2D eigenvalue weighted by Crippen LogP contribution is -2.02. The van der Waals surface area contributed by atoms with Gasteiger partial charge in [0.2, 0.25) is 0 Å². The van der Waals surface area contributed by atoms with E-state index in [0.29, 0.717) is 0 Å². The van der Waals surface area contributed by atoms with Crippen molar-refractivity contribution in [1.82, 2.24) is 0 Å². The van der Waals surface area contributed by atoms with Crippen molar-refractivity contribution in [2.75, 3.05) is 0 Å². The van der Waals surface area contributed by atoms with Gasteiger partial charge < -0.3 is 14.2 Å². The molecule has 0 aliphatic carbocycles. The van der Waals surface area contributed by atoms with Crippen LogP contribution < -0.4 is 14.2 Å². The quantitative estimate of drug-likeness (QED) is 0.787. The molecule has 0 spiro atoms. The Hall–Kier alpha value is -1.50. The maximum Gasteiger partial charge on any atom is 0.409 e. The van der Waals surface area contributed by atoms with Crippen molar-refractivity contribution >= 4 is 51.1 Å². The summed E-state index contributed by atoms with van der Waals surface area (Å²) < 4.78 is 13.5. The molecule has 0 heterocycles. The second-order valence-electron chi connectivity index (χ2n) is 2.66. The van der Waals surface area contributed by atoms with E-state index in [2.05, 4.69) is 14.2 Å². The van der Waals surface area contributed by atoms with Crippen molar-refractivity contribution in [3.63, 3.8) is 0 Å². The summed E-state index contributed by atoms with van der Waals surface area (Å²) in [5.74, 6) is -0.380. The van der Waals surface area contributed by atoms with Gasteiger partial charge in [-0.1, -0.05) is 0 Å². The Morgan fingerprint density at radius 2 is 0.889 bits per heavy atom. The minimum absolute atomic E-state index is 0.127. The minimum Gasteiger partial charge on any atom is -0.414 e. The predicted octanol–water partition coefficient (Wildman–Crippen LogP) is 3.90. The molecular formula is C9H3Cl3O6. The van der Waals surface area contributed by atoms with Gasteiger partial charge in [0, 0.05) is 53.0 Å². The van der Waals surface area contributed by atoms with Crippen molar-refractivity contribution < 1.29 is 28.6 Å². The molecule has 1 aromatic carbocycles. The van der Waals surface area contributed by atoms with Gasteiger partial charge in [0.1, 0.15) is 17.2 Å². The smallest absolute Gasteiger partial charge is 0.409 e. The van der Waals surface area contributed by atoms with E-state index in [-0.39, 0.29) is 17.2 Å². The standard InChI is InChI=1S/C9H3Cl3O6/c10-7(13)16-4-1-5(17-8(11)14)3-6(2-4)18-9(12)15/h1-3H. The first-order valence-electron chi connectivity index (χ1n) is 4.14. The third kappa shape index (κ3) is 5.22. The van der Waals surface area contributed by atoms with Gasteiger partial charge >= 0.3 is 16.3 Å². The molecule has 9 heteroatoms. The molecule has 0 saturated carbocycles. The zero-order valence-electron chi connectivity index (χ0n) is 8.32. The lowest BCUT2D eigenvalue weighted by molar-refractivity contribution is 0.222. The van der Waals surface area contributed by atoms with E-state index in [0.717, 1.165) is 18.2 Å². The average molecular weight is 313 g/mol. The molecule has 0 unspecified atom stereocenters. The molecule has 0 bridgehead atoms. The summed E-state index contributed by atoms with van der Waals surface area (Å²) in [5, 5.41) is 0. The summed E-state index contributed by atoms with van der Waals surface area (Å²) in [7, 11) is 0. The van der Waals surface area contributed by atoms with Gasteiger partial charge in [-0.15, -0.1) is 0 Å². The van der Waals surface area contributed by atoms with E-state index in [9.17, 15) is 14.4 Å². The highest BCUT2D eigenvalue weighted by molar-refractivity contribution is 6.62. The molecule has 0 aliphatic heterocycles. The van der Waals surface area contributed by atoms with E-state index in [4.69, 9.17) is 34.8 Å². The molecule has 0 aromatic heterocycles. The highest BCUT2D eigenvalue weighted by atomic mass is 35.5. The zero-order valence-corrected chi connectivity index (χ0v) is 10.6. The third-order valence-electron chi connectivity index (χ3n) is 1.45. The third-order valence-corrected chi connectivity index (χ3v) is 1.68. The molecular weight excluding hydrogens is 310 g/mol. The zero-order chi connectivity index (χ0) is 13.7. The van der Waals surface area contributed by atoms with Gasteiger partial charge in [0.25, 0.3) is 0 Å². The highest BCUT2D eigenvalue weighted by Crippen LogP contribution is 2.29. The van der Waals surface area contributed by atoms with Crippen molar-refractivity contribution in [3.8, 4) is 17.2 Å². The largest absolute Gasteiger partial charge is 0.414 e. The van der Waals surface area contributed by atoms with Crippen molar-refractivity contribution in [2.24, 2.45) is 0 Å². The molecule has 0 fully saturated rings.